The van der Waals surface area contributed by atoms with E-state index in [1.807, 2.05) is 6.26 Å². The van der Waals surface area contributed by atoms with Crippen LogP contribution in [-0.4, -0.2) is 23.9 Å². The van der Waals surface area contributed by atoms with E-state index in [0.717, 1.165) is 5.56 Å². The highest BCUT2D eigenvalue weighted by Gasteiger charge is 2.30. The third-order valence-corrected chi connectivity index (χ3v) is 3.81. The molecular formula is C12H14FNO2S. The Morgan fingerprint density at radius 1 is 1.59 bits per heavy atom. The molecule has 3 nitrogen and oxygen atoms in total. The van der Waals surface area contributed by atoms with Crippen LogP contribution in [0.3, 0.4) is 0 Å². The molecule has 1 fully saturated rings. The molecule has 1 aromatic carbocycles. The molecule has 0 saturated carbocycles. The summed E-state index contributed by atoms with van der Waals surface area (Å²) in [6.07, 6.45) is 2.39. The van der Waals surface area contributed by atoms with Crippen molar-refractivity contribution in [3.63, 3.8) is 0 Å². The monoisotopic (exact) mass is 255 g/mol. The van der Waals surface area contributed by atoms with Crippen LogP contribution in [0, 0.1) is 11.7 Å². The lowest BCUT2D eigenvalue weighted by molar-refractivity contribution is -0.141. The van der Waals surface area contributed by atoms with Crippen LogP contribution in [-0.2, 0) is 4.79 Å². The van der Waals surface area contributed by atoms with Gasteiger partial charge in [-0.15, -0.1) is 11.8 Å². The molecule has 1 heterocycles. The van der Waals surface area contributed by atoms with Gasteiger partial charge in [-0.3, -0.25) is 4.79 Å². The predicted molar refractivity (Wildman–Crippen MR) is 64.7 cm³/mol. The van der Waals surface area contributed by atoms with Crippen LogP contribution in [0.25, 0.3) is 0 Å². The van der Waals surface area contributed by atoms with Crippen molar-refractivity contribution in [2.75, 3.05) is 12.8 Å². The Labute approximate surface area is 103 Å². The Hall–Kier alpha value is -1.07. The lowest BCUT2D eigenvalue weighted by Gasteiger charge is -2.12. The molecule has 2 atom stereocenters. The smallest absolute Gasteiger partial charge is 0.307 e. The zero-order chi connectivity index (χ0) is 12.4. The summed E-state index contributed by atoms with van der Waals surface area (Å²) in [5.41, 5.74) is 0.958. The zero-order valence-electron chi connectivity index (χ0n) is 9.44. The van der Waals surface area contributed by atoms with Crippen molar-refractivity contribution in [1.82, 2.24) is 5.32 Å². The maximum atomic E-state index is 13.3. The highest BCUT2D eigenvalue weighted by atomic mass is 32.2. The minimum atomic E-state index is -0.771. The first-order valence-corrected chi connectivity index (χ1v) is 6.64. The Kier molecular flexibility index (Phi) is 3.69. The molecule has 0 spiro atoms. The van der Waals surface area contributed by atoms with Gasteiger partial charge in [0, 0.05) is 17.5 Å². The van der Waals surface area contributed by atoms with E-state index in [9.17, 15) is 9.18 Å². The van der Waals surface area contributed by atoms with Crippen LogP contribution < -0.4 is 5.32 Å². The van der Waals surface area contributed by atoms with Crippen molar-refractivity contribution < 1.29 is 14.3 Å². The van der Waals surface area contributed by atoms with Crippen molar-refractivity contribution in [2.45, 2.75) is 17.4 Å². The van der Waals surface area contributed by atoms with Gasteiger partial charge >= 0.3 is 5.97 Å². The fraction of sp³-hybridized carbons (Fsp3) is 0.417. The van der Waals surface area contributed by atoms with E-state index in [-0.39, 0.29) is 17.8 Å². The van der Waals surface area contributed by atoms with Gasteiger partial charge in [-0.2, -0.15) is 0 Å². The molecule has 92 valence electrons. The average molecular weight is 255 g/mol. The second kappa shape index (κ2) is 5.06. The number of nitrogens with one attached hydrogen (secondary N) is 1. The molecule has 0 amide bonds. The second-order valence-corrected chi connectivity index (χ2v) is 4.97. The quantitative estimate of drug-likeness (QED) is 0.814. The van der Waals surface area contributed by atoms with E-state index in [1.54, 1.807) is 12.1 Å². The van der Waals surface area contributed by atoms with Gasteiger partial charge in [0.05, 0.1) is 5.92 Å². The standard InChI is InChI=1S/C12H14FNO2S/c1-17-11-5-7(2-3-9(11)13)10-4-8(6-14-10)12(15)16/h2-3,5,8,10,14H,4,6H2,1H3,(H,15,16). The number of carbonyl (C=O) groups is 1. The van der Waals surface area contributed by atoms with Crippen LogP contribution in [0.2, 0.25) is 0 Å². The molecule has 2 N–H and O–H groups in total. The largest absolute Gasteiger partial charge is 0.481 e. The Balaban J connectivity index is 2.16. The molecule has 1 aliphatic rings. The second-order valence-electron chi connectivity index (χ2n) is 4.13. The van der Waals surface area contributed by atoms with Crippen LogP contribution in [0.5, 0.6) is 0 Å². The molecular weight excluding hydrogens is 241 g/mol. The molecule has 17 heavy (non-hydrogen) atoms. The minimum Gasteiger partial charge on any atom is -0.481 e. The van der Waals surface area contributed by atoms with E-state index in [1.165, 1.54) is 17.8 Å². The first kappa shape index (κ1) is 12.4. The van der Waals surface area contributed by atoms with Gasteiger partial charge in [0.15, 0.2) is 0 Å². The predicted octanol–water partition coefficient (Wildman–Crippen LogP) is 2.28. The third kappa shape index (κ3) is 2.61. The fourth-order valence-electron chi connectivity index (χ4n) is 2.07. The van der Waals surface area contributed by atoms with Crippen molar-refractivity contribution in [1.29, 1.82) is 0 Å². The molecule has 0 radical (unpaired) electrons. The fourth-order valence-corrected chi connectivity index (χ4v) is 2.59. The van der Waals surface area contributed by atoms with E-state index in [2.05, 4.69) is 5.32 Å². The first-order valence-electron chi connectivity index (χ1n) is 5.41. The number of rotatable bonds is 3. The summed E-state index contributed by atoms with van der Waals surface area (Å²) in [7, 11) is 0. The summed E-state index contributed by atoms with van der Waals surface area (Å²) in [5.74, 6) is -1.34. The number of carboxylic acids is 1. The number of hydrogen-bond donors (Lipinski definition) is 2. The number of benzene rings is 1. The van der Waals surface area contributed by atoms with Gasteiger partial charge in [-0.1, -0.05) is 6.07 Å². The van der Waals surface area contributed by atoms with E-state index < -0.39 is 5.97 Å². The van der Waals surface area contributed by atoms with E-state index in [0.29, 0.717) is 17.9 Å². The van der Waals surface area contributed by atoms with Crippen molar-refractivity contribution in [3.8, 4) is 0 Å². The van der Waals surface area contributed by atoms with Crippen molar-refractivity contribution >= 4 is 17.7 Å². The number of hydrogen-bond acceptors (Lipinski definition) is 3. The molecule has 0 bridgehead atoms. The molecule has 2 rings (SSSR count). The molecule has 0 aromatic heterocycles. The number of thioether (sulfide) groups is 1. The van der Waals surface area contributed by atoms with Crippen molar-refractivity contribution in [2.24, 2.45) is 5.92 Å². The van der Waals surface area contributed by atoms with Gasteiger partial charge < -0.3 is 10.4 Å². The van der Waals surface area contributed by atoms with Crippen LogP contribution in [0.15, 0.2) is 23.1 Å². The van der Waals surface area contributed by atoms with Crippen molar-refractivity contribution in [3.05, 3.63) is 29.6 Å². The maximum Gasteiger partial charge on any atom is 0.307 e. The zero-order valence-corrected chi connectivity index (χ0v) is 10.3. The van der Waals surface area contributed by atoms with Gasteiger partial charge in [-0.05, 0) is 30.4 Å². The summed E-state index contributed by atoms with van der Waals surface area (Å²) in [4.78, 5) is 11.5. The van der Waals surface area contributed by atoms with Gasteiger partial charge in [-0.25, -0.2) is 4.39 Å². The summed E-state index contributed by atoms with van der Waals surface area (Å²) >= 11 is 1.36. The Bertz CT molecular complexity index is 439. The van der Waals surface area contributed by atoms with Gasteiger partial charge in [0.1, 0.15) is 5.82 Å². The number of aliphatic carboxylic acids is 1. The molecule has 2 unspecified atom stereocenters. The van der Waals surface area contributed by atoms with Gasteiger partial charge in [0.25, 0.3) is 0 Å². The molecule has 1 aliphatic heterocycles. The average Bonchev–Trinajstić information content (AvgIpc) is 2.79. The van der Waals surface area contributed by atoms with Crippen LogP contribution in [0.1, 0.15) is 18.0 Å². The molecule has 1 aromatic rings. The van der Waals surface area contributed by atoms with E-state index >= 15 is 0 Å². The SMILES string of the molecule is CSc1cc(C2CC(C(=O)O)CN2)ccc1F. The molecule has 0 aliphatic carbocycles. The van der Waals surface area contributed by atoms with Gasteiger partial charge in [0.2, 0.25) is 0 Å². The summed E-state index contributed by atoms with van der Waals surface area (Å²) in [6, 6.07) is 4.97. The molecule has 5 heteroatoms. The molecule has 1 saturated heterocycles. The Morgan fingerprint density at radius 2 is 2.35 bits per heavy atom. The number of carboxylic acid groups (broad SMARTS) is 1. The van der Waals surface area contributed by atoms with Crippen LogP contribution >= 0.6 is 11.8 Å². The highest BCUT2D eigenvalue weighted by Crippen LogP contribution is 2.30. The lowest BCUT2D eigenvalue weighted by atomic mass is 10.0. The summed E-state index contributed by atoms with van der Waals surface area (Å²) in [5, 5.41) is 12.1. The van der Waals surface area contributed by atoms with E-state index in [4.69, 9.17) is 5.11 Å². The summed E-state index contributed by atoms with van der Waals surface area (Å²) in [6.45, 7) is 0.478. The maximum absolute atomic E-state index is 13.3. The minimum absolute atomic E-state index is 0.0163. The number of halogens is 1. The Morgan fingerprint density at radius 3 is 2.94 bits per heavy atom. The highest BCUT2D eigenvalue weighted by molar-refractivity contribution is 7.98. The summed E-state index contributed by atoms with van der Waals surface area (Å²) < 4.78 is 13.3. The topological polar surface area (TPSA) is 49.3 Å². The first-order chi connectivity index (χ1) is 8.11. The van der Waals surface area contributed by atoms with Crippen LogP contribution in [0.4, 0.5) is 4.39 Å². The third-order valence-electron chi connectivity index (χ3n) is 3.06. The lowest BCUT2D eigenvalue weighted by Crippen LogP contribution is -2.17. The normalized spacial score (nSPS) is 23.9.